The Hall–Kier alpha value is -1.84. The van der Waals surface area contributed by atoms with Crippen molar-refractivity contribution >= 4 is 11.7 Å². The third kappa shape index (κ3) is 2.84. The number of aliphatic hydroxyl groups is 1. The molecule has 2 aliphatic heterocycles. The molecule has 9 heteroatoms. The third-order valence-corrected chi connectivity index (χ3v) is 2.99. The topological polar surface area (TPSA) is 117 Å². The summed E-state index contributed by atoms with van der Waals surface area (Å²) in [5, 5.41) is 27.8. The molecule has 0 saturated heterocycles. The van der Waals surface area contributed by atoms with Crippen LogP contribution in [0.1, 0.15) is 0 Å². The van der Waals surface area contributed by atoms with E-state index in [9.17, 15) is 0 Å². The molecular formula is C11H22N8O. The van der Waals surface area contributed by atoms with Gasteiger partial charge in [-0.25, -0.2) is 9.98 Å². The zero-order valence-electron chi connectivity index (χ0n) is 11.9. The molecule has 0 aromatic carbocycles. The number of amidine groups is 2. The van der Waals surface area contributed by atoms with Crippen molar-refractivity contribution in [2.75, 3.05) is 34.3 Å². The van der Waals surface area contributed by atoms with E-state index in [0.29, 0.717) is 12.4 Å². The summed E-state index contributed by atoms with van der Waals surface area (Å²) >= 11 is 0. The minimum Gasteiger partial charge on any atom is -0.395 e. The van der Waals surface area contributed by atoms with Crippen molar-refractivity contribution in [1.29, 1.82) is 0 Å². The Kier molecular flexibility index (Phi) is 4.77. The first kappa shape index (κ1) is 14.6. The van der Waals surface area contributed by atoms with E-state index in [0.717, 1.165) is 17.2 Å². The van der Waals surface area contributed by atoms with E-state index >= 15 is 0 Å². The van der Waals surface area contributed by atoms with E-state index in [-0.39, 0.29) is 19.2 Å². The third-order valence-electron chi connectivity index (χ3n) is 2.99. The predicted octanol–water partition coefficient (Wildman–Crippen LogP) is -2.99. The average Bonchev–Trinajstić information content (AvgIpc) is 2.50. The van der Waals surface area contributed by atoms with Crippen molar-refractivity contribution in [2.24, 2.45) is 9.98 Å². The lowest BCUT2D eigenvalue weighted by molar-refractivity contribution is 0.300. The highest BCUT2D eigenvalue weighted by molar-refractivity contribution is 6.10. The van der Waals surface area contributed by atoms with E-state index in [1.54, 1.807) is 0 Å². The van der Waals surface area contributed by atoms with Gasteiger partial charge in [-0.05, 0) is 14.1 Å². The maximum absolute atomic E-state index is 8.98. The summed E-state index contributed by atoms with van der Waals surface area (Å²) in [7, 11) is 5.47. The average molecular weight is 282 g/mol. The number of hydrogen-bond donors (Lipinski definition) is 7. The van der Waals surface area contributed by atoms with Crippen LogP contribution in [0.15, 0.2) is 21.4 Å². The molecule has 0 aliphatic carbocycles. The Morgan fingerprint density at radius 3 is 2.05 bits per heavy atom. The minimum absolute atomic E-state index is 0.0434. The van der Waals surface area contributed by atoms with Gasteiger partial charge in [0.15, 0.2) is 18.4 Å². The molecule has 0 aromatic heterocycles. The van der Waals surface area contributed by atoms with Crippen LogP contribution in [-0.2, 0) is 0 Å². The fraction of sp³-hybridized carbons (Fsp3) is 0.636. The van der Waals surface area contributed by atoms with Gasteiger partial charge in [-0.1, -0.05) is 0 Å². The normalized spacial score (nSPS) is 25.0. The Morgan fingerprint density at radius 1 is 1.00 bits per heavy atom. The Morgan fingerprint density at radius 2 is 1.55 bits per heavy atom. The van der Waals surface area contributed by atoms with Gasteiger partial charge in [0.2, 0.25) is 0 Å². The van der Waals surface area contributed by atoms with Crippen molar-refractivity contribution in [3.05, 3.63) is 11.4 Å². The van der Waals surface area contributed by atoms with Crippen LogP contribution >= 0.6 is 0 Å². The SMILES string of the molecule is CNC1=N[C@H](NC)NC2=C1NC(NC)N=C2NCCO. The molecular weight excluding hydrogens is 260 g/mol. The number of aliphatic hydroxyl groups excluding tert-OH is 1. The van der Waals surface area contributed by atoms with Gasteiger partial charge in [0.1, 0.15) is 17.2 Å². The van der Waals surface area contributed by atoms with Gasteiger partial charge in [0.05, 0.1) is 6.61 Å². The fourth-order valence-electron chi connectivity index (χ4n) is 2.01. The van der Waals surface area contributed by atoms with Crippen LogP contribution in [0.4, 0.5) is 0 Å². The van der Waals surface area contributed by atoms with Crippen LogP contribution in [0, 0.1) is 0 Å². The van der Waals surface area contributed by atoms with Gasteiger partial charge in [-0.2, -0.15) is 0 Å². The molecule has 2 aliphatic rings. The van der Waals surface area contributed by atoms with Crippen molar-refractivity contribution in [3.63, 3.8) is 0 Å². The molecule has 0 saturated carbocycles. The van der Waals surface area contributed by atoms with E-state index in [1.165, 1.54) is 0 Å². The van der Waals surface area contributed by atoms with Gasteiger partial charge < -0.3 is 26.4 Å². The molecule has 1 unspecified atom stereocenters. The zero-order chi connectivity index (χ0) is 14.5. The molecule has 0 spiro atoms. The van der Waals surface area contributed by atoms with Crippen LogP contribution in [0.25, 0.3) is 0 Å². The molecule has 0 fully saturated rings. The van der Waals surface area contributed by atoms with E-state index < -0.39 is 0 Å². The Balaban J connectivity index is 2.32. The quantitative estimate of drug-likeness (QED) is 0.294. The molecule has 2 rings (SSSR count). The molecule has 20 heavy (non-hydrogen) atoms. The number of nitrogens with zero attached hydrogens (tertiary/aromatic N) is 2. The molecule has 112 valence electrons. The number of rotatable bonds is 4. The maximum atomic E-state index is 8.98. The first-order valence-electron chi connectivity index (χ1n) is 6.54. The summed E-state index contributed by atoms with van der Waals surface area (Å²) < 4.78 is 0. The molecule has 2 heterocycles. The molecule has 0 amide bonds. The second kappa shape index (κ2) is 6.55. The van der Waals surface area contributed by atoms with E-state index in [4.69, 9.17) is 5.11 Å². The zero-order valence-corrected chi connectivity index (χ0v) is 11.9. The Labute approximate surface area is 118 Å². The second-order valence-electron chi connectivity index (χ2n) is 4.28. The van der Waals surface area contributed by atoms with Crippen LogP contribution in [0.3, 0.4) is 0 Å². The molecule has 0 radical (unpaired) electrons. The minimum atomic E-state index is -0.249. The lowest BCUT2D eigenvalue weighted by Crippen LogP contribution is -2.56. The first-order valence-corrected chi connectivity index (χ1v) is 6.54. The number of aliphatic imine (C=N–C) groups is 2. The van der Waals surface area contributed by atoms with Crippen molar-refractivity contribution < 1.29 is 5.11 Å². The van der Waals surface area contributed by atoms with Gasteiger partial charge in [0.25, 0.3) is 0 Å². The van der Waals surface area contributed by atoms with E-state index in [2.05, 4.69) is 41.9 Å². The standard InChI is InChI=1S/C11H22N8O/c1-12-8-6-7(17-10(13-2)18-8)9(15-4-5-20)19-11(14-3)16-6/h10-11,13-14,16-17,20H,4-5H2,1-3H3,(H,12,18)(H,15,19)/t10-,11?/m1/s1. The maximum Gasteiger partial charge on any atom is 0.176 e. The first-order chi connectivity index (χ1) is 9.73. The lowest BCUT2D eigenvalue weighted by Gasteiger charge is -2.34. The Bertz CT molecular complexity index is 444. The number of hydrogen-bond acceptors (Lipinski definition) is 9. The van der Waals surface area contributed by atoms with Crippen LogP contribution < -0.4 is 31.9 Å². The second-order valence-corrected chi connectivity index (χ2v) is 4.28. The van der Waals surface area contributed by atoms with Crippen molar-refractivity contribution in [2.45, 2.75) is 12.6 Å². The van der Waals surface area contributed by atoms with Crippen LogP contribution in [0.2, 0.25) is 0 Å². The molecule has 2 atom stereocenters. The molecule has 0 bridgehead atoms. The predicted molar refractivity (Wildman–Crippen MR) is 78.0 cm³/mol. The highest BCUT2D eigenvalue weighted by atomic mass is 16.3. The highest BCUT2D eigenvalue weighted by Gasteiger charge is 2.29. The smallest absolute Gasteiger partial charge is 0.176 e. The van der Waals surface area contributed by atoms with Gasteiger partial charge in [0, 0.05) is 13.6 Å². The summed E-state index contributed by atoms with van der Waals surface area (Å²) in [5.74, 6) is 1.44. The van der Waals surface area contributed by atoms with Crippen LogP contribution in [0.5, 0.6) is 0 Å². The van der Waals surface area contributed by atoms with E-state index in [1.807, 2.05) is 21.1 Å². The summed E-state index contributed by atoms with van der Waals surface area (Å²) in [6.45, 7) is 0.478. The molecule has 0 aromatic rings. The lowest BCUT2D eigenvalue weighted by atomic mass is 10.2. The van der Waals surface area contributed by atoms with Crippen molar-refractivity contribution in [3.8, 4) is 0 Å². The fourth-order valence-corrected chi connectivity index (χ4v) is 2.01. The highest BCUT2D eigenvalue weighted by Crippen LogP contribution is 2.14. The number of nitrogens with one attached hydrogen (secondary N) is 6. The monoisotopic (exact) mass is 282 g/mol. The van der Waals surface area contributed by atoms with Crippen LogP contribution in [-0.4, -0.2) is 63.7 Å². The van der Waals surface area contributed by atoms with Gasteiger partial charge >= 0.3 is 0 Å². The number of likely N-dealkylation sites (N-methyl/N-ethyl adjacent to an activating group) is 1. The van der Waals surface area contributed by atoms with Crippen molar-refractivity contribution in [1.82, 2.24) is 31.9 Å². The summed E-state index contributed by atoms with van der Waals surface area (Å²) in [4.78, 5) is 8.99. The van der Waals surface area contributed by atoms with Gasteiger partial charge in [-0.3, -0.25) is 10.6 Å². The summed E-state index contributed by atoms with van der Waals surface area (Å²) in [5.41, 5.74) is 1.66. The molecule has 9 nitrogen and oxygen atoms in total. The molecule has 7 N–H and O–H groups in total. The van der Waals surface area contributed by atoms with Gasteiger partial charge in [-0.15, -0.1) is 0 Å². The summed E-state index contributed by atoms with van der Waals surface area (Å²) in [6.07, 6.45) is -0.480. The largest absolute Gasteiger partial charge is 0.395 e. The summed E-state index contributed by atoms with van der Waals surface area (Å²) in [6, 6.07) is 0.